The maximum atomic E-state index is 14.9. The van der Waals surface area contributed by atoms with Crippen LogP contribution < -0.4 is 10.2 Å². The van der Waals surface area contributed by atoms with Crippen molar-refractivity contribution < 1.29 is 37.1 Å². The first-order valence-corrected chi connectivity index (χ1v) is 12.7. The Labute approximate surface area is 231 Å². The minimum Gasteiger partial charge on any atom is -0.481 e. The number of fused-ring (bicyclic) bond motifs is 2. The molecule has 2 aromatic carbocycles. The number of carboxylic acids is 1. The van der Waals surface area contributed by atoms with Gasteiger partial charge in [0.2, 0.25) is 5.91 Å². The van der Waals surface area contributed by atoms with Gasteiger partial charge in [-0.1, -0.05) is 44.0 Å². The van der Waals surface area contributed by atoms with Crippen LogP contribution in [0.5, 0.6) is 0 Å². The molecule has 0 aromatic heterocycles. The van der Waals surface area contributed by atoms with Crippen LogP contribution in [0.1, 0.15) is 38.7 Å². The first-order valence-electron chi connectivity index (χ1n) is 11.9. The molecule has 4 rings (SSSR count). The average molecular weight is 590 g/mol. The molecule has 0 unspecified atom stereocenters. The summed E-state index contributed by atoms with van der Waals surface area (Å²) < 4.78 is 58.8. The van der Waals surface area contributed by atoms with E-state index in [4.69, 9.17) is 23.2 Å². The Hall–Kier alpha value is -3.05. The molecule has 210 valence electrons. The van der Waals surface area contributed by atoms with Gasteiger partial charge in [-0.05, 0) is 35.2 Å². The van der Waals surface area contributed by atoms with Crippen molar-refractivity contribution in [3.05, 3.63) is 57.6 Å². The molecular formula is C26H25Cl2F4N3O4. The van der Waals surface area contributed by atoms with Crippen molar-refractivity contribution in [2.45, 2.75) is 45.1 Å². The molecule has 3 amide bonds. The van der Waals surface area contributed by atoms with Crippen molar-refractivity contribution in [2.75, 3.05) is 23.3 Å². The topological polar surface area (TPSA) is 90.0 Å². The largest absolute Gasteiger partial charge is 0.481 e. The van der Waals surface area contributed by atoms with Gasteiger partial charge in [0.25, 0.3) is 5.92 Å². The van der Waals surface area contributed by atoms with Gasteiger partial charge in [-0.25, -0.2) is 22.4 Å². The van der Waals surface area contributed by atoms with Crippen LogP contribution >= 0.6 is 23.2 Å². The molecule has 0 aliphatic carbocycles. The number of urea groups is 1. The molecule has 0 saturated carbocycles. The molecule has 2 aliphatic rings. The summed E-state index contributed by atoms with van der Waals surface area (Å²) in [5, 5.41) is 12.7. The van der Waals surface area contributed by atoms with E-state index in [9.17, 15) is 37.1 Å². The Kier molecular flexibility index (Phi) is 7.54. The second-order valence-corrected chi connectivity index (χ2v) is 11.9. The summed E-state index contributed by atoms with van der Waals surface area (Å²) >= 11 is 12.3. The fraction of sp³-hybridized carbons (Fsp3) is 0.423. The zero-order chi connectivity index (χ0) is 29.0. The summed E-state index contributed by atoms with van der Waals surface area (Å²) in [6.07, 6.45) is -1.03. The Morgan fingerprint density at radius 2 is 1.74 bits per heavy atom. The molecule has 1 fully saturated rings. The molecule has 2 aliphatic heterocycles. The number of carboxylic acid groups (broad SMARTS) is 1. The van der Waals surface area contributed by atoms with Crippen LogP contribution in [0.4, 0.5) is 33.7 Å². The summed E-state index contributed by atoms with van der Waals surface area (Å²) in [5.41, 5.74) is -1.70. The van der Waals surface area contributed by atoms with Crippen LogP contribution in [0.15, 0.2) is 30.3 Å². The number of carbonyl (C=O) groups excluding carboxylic acids is 2. The maximum absolute atomic E-state index is 14.9. The van der Waals surface area contributed by atoms with Crippen LogP contribution in [-0.4, -0.2) is 53.0 Å². The quantitative estimate of drug-likeness (QED) is 0.404. The Morgan fingerprint density at radius 3 is 2.31 bits per heavy atom. The number of alkyl halides is 2. The zero-order valence-corrected chi connectivity index (χ0v) is 22.6. The second kappa shape index (κ2) is 10.2. The molecule has 0 radical (unpaired) electrons. The minimum atomic E-state index is -3.47. The van der Waals surface area contributed by atoms with Crippen molar-refractivity contribution in [1.82, 2.24) is 4.90 Å². The highest BCUT2D eigenvalue weighted by Crippen LogP contribution is 2.46. The molecule has 7 nitrogen and oxygen atoms in total. The number of amides is 3. The molecular weight excluding hydrogens is 565 g/mol. The number of aliphatic carboxylic acids is 1. The number of halogens is 6. The summed E-state index contributed by atoms with van der Waals surface area (Å²) in [5.74, 6) is -12.5. The molecule has 3 atom stereocenters. The van der Waals surface area contributed by atoms with E-state index in [2.05, 4.69) is 5.32 Å². The number of nitrogens with zero attached hydrogens (tertiary/aromatic N) is 2. The highest BCUT2D eigenvalue weighted by molar-refractivity contribution is 6.35. The van der Waals surface area contributed by atoms with Gasteiger partial charge >= 0.3 is 12.0 Å². The van der Waals surface area contributed by atoms with Crippen LogP contribution in [0, 0.1) is 23.0 Å². The Bertz CT molecular complexity index is 1330. The fourth-order valence-electron chi connectivity index (χ4n) is 5.20. The number of hydrogen-bond acceptors (Lipinski definition) is 3. The van der Waals surface area contributed by atoms with Crippen LogP contribution in [0.3, 0.4) is 0 Å². The molecule has 13 heteroatoms. The van der Waals surface area contributed by atoms with Gasteiger partial charge in [-0.3, -0.25) is 9.59 Å². The first-order chi connectivity index (χ1) is 18.0. The second-order valence-electron chi connectivity index (χ2n) is 11.0. The lowest BCUT2D eigenvalue weighted by Crippen LogP contribution is -2.54. The molecule has 1 saturated heterocycles. The summed E-state index contributed by atoms with van der Waals surface area (Å²) in [7, 11) is 0. The molecule has 0 spiro atoms. The maximum Gasteiger partial charge on any atom is 0.322 e. The third-order valence-electron chi connectivity index (χ3n) is 6.61. The van der Waals surface area contributed by atoms with E-state index in [1.807, 2.05) is 0 Å². The number of hydrogen-bond donors (Lipinski definition) is 2. The SMILES string of the molecule is CC(C)(C)CN(C(=O)[C@H]1[C@@H](C(=O)O)c2cc(F)cc(F)c2NC(=O)N2CC(F)(F)C[C@@H]12)c1cc(Cl)cc(Cl)c1. The van der Waals surface area contributed by atoms with Gasteiger partial charge in [0, 0.05) is 34.8 Å². The Balaban J connectivity index is 1.99. The predicted octanol–water partition coefficient (Wildman–Crippen LogP) is 6.39. The number of carbonyl (C=O) groups is 3. The highest BCUT2D eigenvalue weighted by atomic mass is 35.5. The lowest BCUT2D eigenvalue weighted by atomic mass is 9.77. The summed E-state index contributed by atoms with van der Waals surface area (Å²) in [6, 6.07) is 2.53. The Morgan fingerprint density at radius 1 is 1.13 bits per heavy atom. The molecule has 39 heavy (non-hydrogen) atoms. The van der Waals surface area contributed by atoms with Crippen molar-refractivity contribution in [2.24, 2.45) is 11.3 Å². The third kappa shape index (κ3) is 5.94. The van der Waals surface area contributed by atoms with Crippen molar-refractivity contribution in [1.29, 1.82) is 0 Å². The van der Waals surface area contributed by atoms with E-state index in [0.717, 1.165) is 0 Å². The number of anilines is 2. The monoisotopic (exact) mass is 589 g/mol. The smallest absolute Gasteiger partial charge is 0.322 e. The zero-order valence-electron chi connectivity index (χ0n) is 21.1. The summed E-state index contributed by atoms with van der Waals surface area (Å²) in [4.78, 5) is 42.0. The van der Waals surface area contributed by atoms with Gasteiger partial charge in [-0.15, -0.1) is 0 Å². The lowest BCUT2D eigenvalue weighted by Gasteiger charge is -2.40. The van der Waals surface area contributed by atoms with E-state index in [1.54, 1.807) is 20.8 Å². The number of nitrogens with one attached hydrogen (secondary N) is 1. The predicted molar refractivity (Wildman–Crippen MR) is 138 cm³/mol. The highest BCUT2D eigenvalue weighted by Gasteiger charge is 2.57. The first kappa shape index (κ1) is 28.9. The van der Waals surface area contributed by atoms with Gasteiger partial charge in [0.05, 0.1) is 30.1 Å². The van der Waals surface area contributed by atoms with Crippen LogP contribution in [0.2, 0.25) is 10.0 Å². The number of rotatable bonds is 4. The molecule has 2 heterocycles. The molecule has 2 N–H and O–H groups in total. The molecule has 0 bridgehead atoms. The lowest BCUT2D eigenvalue weighted by molar-refractivity contribution is -0.144. The van der Waals surface area contributed by atoms with E-state index < -0.39 is 83.0 Å². The van der Waals surface area contributed by atoms with Gasteiger partial charge < -0.3 is 20.2 Å². The summed E-state index contributed by atoms with van der Waals surface area (Å²) in [6.45, 7) is 4.20. The van der Waals surface area contributed by atoms with Gasteiger partial charge in [-0.2, -0.15) is 0 Å². The van der Waals surface area contributed by atoms with E-state index >= 15 is 0 Å². The normalized spacial score (nSPS) is 22.3. The molecule has 2 aromatic rings. The van der Waals surface area contributed by atoms with Crippen molar-refractivity contribution >= 4 is 52.5 Å². The minimum absolute atomic E-state index is 0.0367. The third-order valence-corrected chi connectivity index (χ3v) is 7.04. The van der Waals surface area contributed by atoms with E-state index in [1.165, 1.54) is 23.1 Å². The van der Waals surface area contributed by atoms with Crippen molar-refractivity contribution in [3.8, 4) is 0 Å². The standard InChI is InChI=1S/C26H25Cl2F4N3O4/c1-25(2,3)10-34(15-5-12(27)4-13(28)6-15)22(36)20-18-9-26(31,32)11-35(18)24(39)33-21-16(19(20)23(37)38)7-14(29)8-17(21)30/h4-8,18-20H,9-11H2,1-3H3,(H,33,39)(H,37,38)/t18-,19-,20+/m0/s1. The van der Waals surface area contributed by atoms with Gasteiger partial charge in [0.1, 0.15) is 11.6 Å². The van der Waals surface area contributed by atoms with Gasteiger partial charge in [0.15, 0.2) is 0 Å². The van der Waals surface area contributed by atoms with E-state index in [-0.39, 0.29) is 22.3 Å². The average Bonchev–Trinajstić information content (AvgIpc) is 3.09. The van der Waals surface area contributed by atoms with E-state index in [0.29, 0.717) is 17.0 Å². The number of benzene rings is 2. The van der Waals surface area contributed by atoms with Crippen molar-refractivity contribution in [3.63, 3.8) is 0 Å². The van der Waals surface area contributed by atoms with Crippen LogP contribution in [0.25, 0.3) is 0 Å². The van der Waals surface area contributed by atoms with Crippen LogP contribution in [-0.2, 0) is 9.59 Å². The fourth-order valence-corrected chi connectivity index (χ4v) is 5.71.